The van der Waals surface area contributed by atoms with Gasteiger partial charge >= 0.3 is 12.0 Å². The summed E-state index contributed by atoms with van der Waals surface area (Å²) in [6, 6.07) is -0.789. The van der Waals surface area contributed by atoms with Crippen LogP contribution in [-0.2, 0) is 4.79 Å². The molecule has 1 atom stereocenters. The highest BCUT2D eigenvalue weighted by Gasteiger charge is 2.37. The van der Waals surface area contributed by atoms with Gasteiger partial charge in [-0.15, -0.1) is 0 Å². The van der Waals surface area contributed by atoms with E-state index in [4.69, 9.17) is 5.11 Å². The second kappa shape index (κ2) is 4.08. The van der Waals surface area contributed by atoms with Crippen molar-refractivity contribution in [2.24, 2.45) is 5.92 Å². The predicted molar refractivity (Wildman–Crippen MR) is 53.5 cm³/mol. The Morgan fingerprint density at radius 3 is 2.27 bits per heavy atom. The normalized spacial score (nSPS) is 22.7. The Morgan fingerprint density at radius 1 is 1.20 bits per heavy atom. The van der Waals surface area contributed by atoms with Crippen LogP contribution >= 0.6 is 0 Å². The van der Waals surface area contributed by atoms with Gasteiger partial charge in [-0.05, 0) is 38.0 Å². The number of nitrogens with one attached hydrogen (secondary N) is 2. The number of carbonyl (C=O) groups excluding carboxylic acids is 1. The molecule has 2 rings (SSSR count). The summed E-state index contributed by atoms with van der Waals surface area (Å²) in [6.45, 7) is 0. The number of carboxylic acids is 1. The zero-order chi connectivity index (χ0) is 10.8. The molecule has 2 amide bonds. The largest absolute Gasteiger partial charge is 0.480 e. The zero-order valence-electron chi connectivity index (χ0n) is 8.53. The van der Waals surface area contributed by atoms with Crippen LogP contribution in [-0.4, -0.2) is 29.2 Å². The Morgan fingerprint density at radius 2 is 1.87 bits per heavy atom. The Hall–Kier alpha value is -1.26. The van der Waals surface area contributed by atoms with Crippen LogP contribution in [0, 0.1) is 5.92 Å². The van der Waals surface area contributed by atoms with Crippen molar-refractivity contribution in [3.05, 3.63) is 0 Å². The van der Waals surface area contributed by atoms with Crippen LogP contribution < -0.4 is 10.6 Å². The Bertz CT molecular complexity index is 272. The molecule has 0 bridgehead atoms. The van der Waals surface area contributed by atoms with Gasteiger partial charge in [0.2, 0.25) is 0 Å². The van der Waals surface area contributed by atoms with Gasteiger partial charge < -0.3 is 15.7 Å². The number of amides is 2. The van der Waals surface area contributed by atoms with Crippen LogP contribution in [0.3, 0.4) is 0 Å². The van der Waals surface area contributed by atoms with Gasteiger partial charge in [0, 0.05) is 6.04 Å². The van der Waals surface area contributed by atoms with Crippen molar-refractivity contribution in [3.63, 3.8) is 0 Å². The molecule has 0 aromatic heterocycles. The number of carbonyl (C=O) groups is 2. The number of carboxylic acid groups (broad SMARTS) is 1. The van der Waals surface area contributed by atoms with Gasteiger partial charge in [-0.3, -0.25) is 0 Å². The van der Waals surface area contributed by atoms with E-state index < -0.39 is 12.0 Å². The monoisotopic (exact) mass is 212 g/mol. The van der Waals surface area contributed by atoms with Gasteiger partial charge in [-0.1, -0.05) is 0 Å². The van der Waals surface area contributed by atoms with Crippen LogP contribution in [0.4, 0.5) is 4.79 Å². The predicted octanol–water partition coefficient (Wildman–Crippen LogP) is 0.701. The molecule has 0 aromatic rings. The maximum Gasteiger partial charge on any atom is 0.326 e. The number of hydrogen-bond donors (Lipinski definition) is 3. The van der Waals surface area contributed by atoms with Crippen LogP contribution in [0.5, 0.6) is 0 Å². The third-order valence-corrected chi connectivity index (χ3v) is 3.09. The molecule has 0 radical (unpaired) electrons. The summed E-state index contributed by atoms with van der Waals surface area (Å²) in [5.74, 6) is -0.795. The molecule has 2 saturated carbocycles. The minimum absolute atomic E-state index is 0.134. The first-order valence-corrected chi connectivity index (χ1v) is 5.46. The van der Waals surface area contributed by atoms with E-state index in [1.54, 1.807) is 0 Å². The molecule has 0 aliphatic heterocycles. The highest BCUT2D eigenvalue weighted by Crippen LogP contribution is 2.32. The second-order valence-corrected chi connectivity index (χ2v) is 4.40. The number of urea groups is 1. The van der Waals surface area contributed by atoms with Crippen molar-refractivity contribution >= 4 is 12.0 Å². The Kier molecular flexibility index (Phi) is 2.79. The maximum absolute atomic E-state index is 11.4. The SMILES string of the molecule is O=C(NC1CCC1)NC(C(=O)O)C1CC1. The fourth-order valence-corrected chi connectivity index (χ4v) is 1.73. The Labute approximate surface area is 88.2 Å². The lowest BCUT2D eigenvalue weighted by Gasteiger charge is -2.27. The fourth-order valence-electron chi connectivity index (χ4n) is 1.73. The van der Waals surface area contributed by atoms with E-state index in [0.29, 0.717) is 0 Å². The van der Waals surface area contributed by atoms with Crippen molar-refractivity contribution in [1.82, 2.24) is 10.6 Å². The lowest BCUT2D eigenvalue weighted by atomic mass is 9.93. The molecule has 2 aliphatic carbocycles. The van der Waals surface area contributed by atoms with E-state index in [-0.39, 0.29) is 18.0 Å². The standard InChI is InChI=1S/C10H16N2O3/c13-9(14)8(6-4-5-6)12-10(15)11-7-2-1-3-7/h6-8H,1-5H2,(H,13,14)(H2,11,12,15). The summed E-state index contributed by atoms with van der Waals surface area (Å²) in [5, 5.41) is 14.2. The van der Waals surface area contributed by atoms with Crippen molar-refractivity contribution < 1.29 is 14.7 Å². The number of aliphatic carboxylic acids is 1. The van der Waals surface area contributed by atoms with E-state index in [0.717, 1.165) is 32.1 Å². The molecule has 2 aliphatic rings. The van der Waals surface area contributed by atoms with Crippen LogP contribution in [0.1, 0.15) is 32.1 Å². The van der Waals surface area contributed by atoms with Gasteiger partial charge in [0.1, 0.15) is 6.04 Å². The molecule has 15 heavy (non-hydrogen) atoms. The molecule has 3 N–H and O–H groups in total. The summed E-state index contributed by atoms with van der Waals surface area (Å²) in [7, 11) is 0. The van der Waals surface area contributed by atoms with Gasteiger partial charge in [-0.25, -0.2) is 9.59 Å². The third-order valence-electron chi connectivity index (χ3n) is 3.09. The number of hydrogen-bond acceptors (Lipinski definition) is 2. The maximum atomic E-state index is 11.4. The van der Waals surface area contributed by atoms with Crippen LogP contribution in [0.25, 0.3) is 0 Å². The van der Waals surface area contributed by atoms with Crippen molar-refractivity contribution in [3.8, 4) is 0 Å². The minimum atomic E-state index is -0.929. The van der Waals surface area contributed by atoms with Crippen molar-refractivity contribution in [2.45, 2.75) is 44.2 Å². The molecule has 0 saturated heterocycles. The Balaban J connectivity index is 1.77. The average Bonchev–Trinajstić information content (AvgIpc) is 2.90. The first-order chi connectivity index (χ1) is 7.16. The van der Waals surface area contributed by atoms with E-state index in [2.05, 4.69) is 10.6 Å². The van der Waals surface area contributed by atoms with Gasteiger partial charge in [0.15, 0.2) is 0 Å². The third kappa shape index (κ3) is 2.61. The zero-order valence-corrected chi connectivity index (χ0v) is 8.53. The van der Waals surface area contributed by atoms with E-state index in [9.17, 15) is 9.59 Å². The van der Waals surface area contributed by atoms with E-state index in [1.807, 2.05) is 0 Å². The molecule has 0 heterocycles. The van der Waals surface area contributed by atoms with Crippen molar-refractivity contribution in [1.29, 1.82) is 0 Å². The molecular weight excluding hydrogens is 196 g/mol. The fraction of sp³-hybridized carbons (Fsp3) is 0.800. The van der Waals surface area contributed by atoms with Crippen LogP contribution in [0.2, 0.25) is 0 Å². The topological polar surface area (TPSA) is 78.4 Å². The highest BCUT2D eigenvalue weighted by molar-refractivity contribution is 5.83. The van der Waals surface area contributed by atoms with Gasteiger partial charge in [0.25, 0.3) is 0 Å². The van der Waals surface area contributed by atoms with Crippen LogP contribution in [0.15, 0.2) is 0 Å². The molecule has 84 valence electrons. The van der Waals surface area contributed by atoms with Gasteiger partial charge in [-0.2, -0.15) is 0 Å². The molecule has 5 nitrogen and oxygen atoms in total. The first-order valence-electron chi connectivity index (χ1n) is 5.46. The molecule has 1 unspecified atom stereocenters. The first kappa shape index (κ1) is 10.3. The molecule has 0 spiro atoms. The smallest absolute Gasteiger partial charge is 0.326 e. The molecular formula is C10H16N2O3. The van der Waals surface area contributed by atoms with Crippen molar-refractivity contribution in [2.75, 3.05) is 0 Å². The molecule has 5 heteroatoms. The highest BCUT2D eigenvalue weighted by atomic mass is 16.4. The molecule has 2 fully saturated rings. The average molecular weight is 212 g/mol. The summed E-state index contributed by atoms with van der Waals surface area (Å²) >= 11 is 0. The lowest BCUT2D eigenvalue weighted by molar-refractivity contribution is -0.139. The second-order valence-electron chi connectivity index (χ2n) is 4.40. The van der Waals surface area contributed by atoms with Gasteiger partial charge in [0.05, 0.1) is 0 Å². The quantitative estimate of drug-likeness (QED) is 0.642. The summed E-state index contributed by atoms with van der Waals surface area (Å²) in [5.41, 5.74) is 0. The van der Waals surface area contributed by atoms with E-state index >= 15 is 0 Å². The number of rotatable bonds is 4. The minimum Gasteiger partial charge on any atom is -0.480 e. The summed E-state index contributed by atoms with van der Waals surface area (Å²) < 4.78 is 0. The molecule has 0 aromatic carbocycles. The summed E-state index contributed by atoms with van der Waals surface area (Å²) in [4.78, 5) is 22.3. The summed E-state index contributed by atoms with van der Waals surface area (Å²) in [6.07, 6.45) is 4.97. The van der Waals surface area contributed by atoms with E-state index in [1.165, 1.54) is 0 Å². The lowest BCUT2D eigenvalue weighted by Crippen LogP contribution is -2.51.